The lowest BCUT2D eigenvalue weighted by molar-refractivity contribution is -0.124. The van der Waals surface area contributed by atoms with Crippen molar-refractivity contribution in [1.82, 2.24) is 10.6 Å². The van der Waals surface area contributed by atoms with E-state index in [1.54, 1.807) is 7.05 Å². The molecule has 0 spiro atoms. The van der Waals surface area contributed by atoms with Gasteiger partial charge in [-0.2, -0.15) is 0 Å². The van der Waals surface area contributed by atoms with Gasteiger partial charge in [-0.25, -0.2) is 0 Å². The fourth-order valence-electron chi connectivity index (χ4n) is 2.51. The Labute approximate surface area is 130 Å². The average Bonchev–Trinajstić information content (AvgIpc) is 2.52. The number of carbonyl (C=O) groups excluding carboxylic acids is 1. The van der Waals surface area contributed by atoms with Crippen LogP contribution in [0.3, 0.4) is 0 Å². The molecule has 1 saturated heterocycles. The van der Waals surface area contributed by atoms with Gasteiger partial charge >= 0.3 is 0 Å². The predicted molar refractivity (Wildman–Crippen MR) is 84.9 cm³/mol. The third-order valence-corrected chi connectivity index (χ3v) is 3.83. The first kappa shape index (κ1) is 16.1. The van der Waals surface area contributed by atoms with Gasteiger partial charge in [0.1, 0.15) is 6.04 Å². The summed E-state index contributed by atoms with van der Waals surface area (Å²) in [5.41, 5.74) is 2.14. The lowest BCUT2D eigenvalue weighted by Gasteiger charge is -2.37. The number of hydrogen-bond donors (Lipinski definition) is 2. The number of nitrogens with zero attached hydrogens (tertiary/aromatic N) is 1. The van der Waals surface area contributed by atoms with Crippen LogP contribution in [0, 0.1) is 0 Å². The van der Waals surface area contributed by atoms with E-state index in [-0.39, 0.29) is 11.9 Å². The number of halogens is 1. The highest BCUT2D eigenvalue weighted by molar-refractivity contribution is 6.30. The maximum atomic E-state index is 12.1. The van der Waals surface area contributed by atoms with Crippen LogP contribution in [0.1, 0.15) is 12.5 Å². The molecule has 5 nitrogen and oxygen atoms in total. The van der Waals surface area contributed by atoms with Crippen molar-refractivity contribution in [1.29, 1.82) is 0 Å². The lowest BCUT2D eigenvalue weighted by atomic mass is 10.1. The van der Waals surface area contributed by atoms with Gasteiger partial charge in [-0.1, -0.05) is 18.5 Å². The van der Waals surface area contributed by atoms with E-state index in [9.17, 15) is 4.79 Å². The second-order valence-electron chi connectivity index (χ2n) is 4.95. The number of benzene rings is 1. The summed E-state index contributed by atoms with van der Waals surface area (Å²) in [5, 5.41) is 6.72. The third kappa shape index (κ3) is 3.87. The summed E-state index contributed by atoms with van der Waals surface area (Å²) < 4.78 is 5.46. The highest BCUT2D eigenvalue weighted by Crippen LogP contribution is 2.27. The van der Waals surface area contributed by atoms with Crippen LogP contribution in [0.15, 0.2) is 18.2 Å². The van der Waals surface area contributed by atoms with Crippen LogP contribution in [0.2, 0.25) is 5.02 Å². The summed E-state index contributed by atoms with van der Waals surface area (Å²) in [5.74, 6) is -0.0287. The van der Waals surface area contributed by atoms with Crippen molar-refractivity contribution in [3.05, 3.63) is 28.8 Å². The van der Waals surface area contributed by atoms with Crippen molar-refractivity contribution in [2.24, 2.45) is 0 Å². The molecule has 1 aliphatic rings. The molecule has 1 atom stereocenters. The molecule has 1 amide bonds. The number of ether oxygens (including phenoxy) is 1. The minimum Gasteiger partial charge on any atom is -0.377 e. The lowest BCUT2D eigenvalue weighted by Crippen LogP contribution is -2.53. The molecule has 2 N–H and O–H groups in total. The highest BCUT2D eigenvalue weighted by atomic mass is 35.5. The second-order valence-corrected chi connectivity index (χ2v) is 5.39. The van der Waals surface area contributed by atoms with E-state index >= 15 is 0 Å². The summed E-state index contributed by atoms with van der Waals surface area (Å²) in [6.45, 7) is 5.39. The quantitative estimate of drug-likeness (QED) is 0.863. The summed E-state index contributed by atoms with van der Waals surface area (Å²) >= 11 is 6.11. The molecule has 1 unspecified atom stereocenters. The zero-order chi connectivity index (χ0) is 15.2. The van der Waals surface area contributed by atoms with Crippen molar-refractivity contribution in [3.8, 4) is 0 Å². The molecule has 1 aromatic carbocycles. The smallest absolute Gasteiger partial charge is 0.244 e. The molecular formula is C15H22ClN3O2. The predicted octanol–water partition coefficient (Wildman–Crippen LogP) is 1.40. The number of anilines is 1. The molecule has 0 saturated carbocycles. The highest BCUT2D eigenvalue weighted by Gasteiger charge is 2.30. The average molecular weight is 312 g/mol. The Morgan fingerprint density at radius 3 is 3.05 bits per heavy atom. The van der Waals surface area contributed by atoms with Gasteiger partial charge in [0.05, 0.1) is 13.2 Å². The maximum absolute atomic E-state index is 12.1. The molecule has 0 radical (unpaired) electrons. The van der Waals surface area contributed by atoms with Crippen molar-refractivity contribution < 1.29 is 9.53 Å². The molecule has 21 heavy (non-hydrogen) atoms. The molecule has 116 valence electrons. The monoisotopic (exact) mass is 311 g/mol. The van der Waals surface area contributed by atoms with Crippen molar-refractivity contribution >= 4 is 23.2 Å². The Bertz CT molecular complexity index is 496. The molecule has 1 fully saturated rings. The fourth-order valence-corrected chi connectivity index (χ4v) is 2.71. The van der Waals surface area contributed by atoms with E-state index in [4.69, 9.17) is 16.3 Å². The first-order valence-electron chi connectivity index (χ1n) is 7.22. The van der Waals surface area contributed by atoms with Crippen molar-refractivity contribution in [2.45, 2.75) is 19.5 Å². The van der Waals surface area contributed by atoms with Gasteiger partial charge in [-0.05, 0) is 30.3 Å². The van der Waals surface area contributed by atoms with Gasteiger partial charge in [0.15, 0.2) is 0 Å². The molecular weight excluding hydrogens is 290 g/mol. The number of rotatable bonds is 5. The number of nitrogens with one attached hydrogen (secondary N) is 2. The largest absolute Gasteiger partial charge is 0.377 e. The van der Waals surface area contributed by atoms with E-state index in [1.807, 2.05) is 18.2 Å². The Morgan fingerprint density at radius 2 is 2.33 bits per heavy atom. The van der Waals surface area contributed by atoms with Crippen molar-refractivity contribution in [3.63, 3.8) is 0 Å². The minimum atomic E-state index is -0.301. The first-order chi connectivity index (χ1) is 10.2. The topological polar surface area (TPSA) is 53.6 Å². The number of hydrogen-bond acceptors (Lipinski definition) is 4. The van der Waals surface area contributed by atoms with Crippen LogP contribution in [0.4, 0.5) is 5.69 Å². The van der Waals surface area contributed by atoms with E-state index in [2.05, 4.69) is 22.5 Å². The van der Waals surface area contributed by atoms with Crippen LogP contribution in [-0.4, -0.2) is 45.3 Å². The normalized spacial score (nSPS) is 18.6. The Kier molecular flexibility index (Phi) is 5.85. The van der Waals surface area contributed by atoms with Gasteiger partial charge in [0.2, 0.25) is 5.91 Å². The SMILES string of the molecule is CCNCc1cc(Cl)ccc1N1CCOCC1C(=O)NC. The summed E-state index contributed by atoms with van der Waals surface area (Å²) in [6.07, 6.45) is 0. The van der Waals surface area contributed by atoms with Gasteiger partial charge in [0, 0.05) is 30.8 Å². The van der Waals surface area contributed by atoms with E-state index in [0.29, 0.717) is 24.8 Å². The minimum absolute atomic E-state index is 0.0287. The molecule has 0 aromatic heterocycles. The third-order valence-electron chi connectivity index (χ3n) is 3.59. The number of carbonyl (C=O) groups is 1. The van der Waals surface area contributed by atoms with E-state index in [0.717, 1.165) is 24.3 Å². The van der Waals surface area contributed by atoms with Crippen LogP contribution >= 0.6 is 11.6 Å². The molecule has 0 aliphatic carbocycles. The fraction of sp³-hybridized carbons (Fsp3) is 0.533. The van der Waals surface area contributed by atoms with Crippen LogP contribution < -0.4 is 15.5 Å². The molecule has 1 aliphatic heterocycles. The molecule has 1 heterocycles. The molecule has 6 heteroatoms. The standard InChI is InChI=1S/C15H22ClN3O2/c1-3-18-9-11-8-12(16)4-5-13(11)19-6-7-21-10-14(19)15(20)17-2/h4-5,8,14,18H,3,6-7,9-10H2,1-2H3,(H,17,20). The van der Waals surface area contributed by atoms with Crippen LogP contribution in [0.5, 0.6) is 0 Å². The summed E-state index contributed by atoms with van der Waals surface area (Å²) in [6, 6.07) is 5.50. The zero-order valence-corrected chi connectivity index (χ0v) is 13.2. The number of likely N-dealkylation sites (N-methyl/N-ethyl adjacent to an activating group) is 1. The van der Waals surface area contributed by atoms with Crippen LogP contribution in [-0.2, 0) is 16.1 Å². The second kappa shape index (κ2) is 7.64. The number of morpholine rings is 1. The Balaban J connectivity index is 2.30. The zero-order valence-electron chi connectivity index (χ0n) is 12.5. The number of amides is 1. The maximum Gasteiger partial charge on any atom is 0.244 e. The van der Waals surface area contributed by atoms with Crippen LogP contribution in [0.25, 0.3) is 0 Å². The molecule has 1 aromatic rings. The van der Waals surface area contributed by atoms with E-state index in [1.165, 1.54) is 0 Å². The molecule has 2 rings (SSSR count). The van der Waals surface area contributed by atoms with E-state index < -0.39 is 0 Å². The molecule has 0 bridgehead atoms. The van der Waals surface area contributed by atoms with Gasteiger partial charge in [-0.15, -0.1) is 0 Å². The summed E-state index contributed by atoms with van der Waals surface area (Å²) in [4.78, 5) is 14.2. The van der Waals surface area contributed by atoms with Crippen molar-refractivity contribution in [2.75, 3.05) is 38.3 Å². The summed E-state index contributed by atoms with van der Waals surface area (Å²) in [7, 11) is 1.65. The van der Waals surface area contributed by atoms with Gasteiger partial charge < -0.3 is 20.3 Å². The first-order valence-corrected chi connectivity index (χ1v) is 7.60. The Morgan fingerprint density at radius 1 is 1.52 bits per heavy atom. The Hall–Kier alpha value is -1.30. The van der Waals surface area contributed by atoms with Gasteiger partial charge in [0.25, 0.3) is 0 Å². The van der Waals surface area contributed by atoms with Gasteiger partial charge in [-0.3, -0.25) is 4.79 Å².